The highest BCUT2D eigenvalue weighted by Gasteiger charge is 2.36. The first-order valence-electron chi connectivity index (χ1n) is 9.99. The molecule has 0 amide bonds. The number of carbonyl (C=O) groups excluding carboxylic acids is 1. The lowest BCUT2D eigenvalue weighted by molar-refractivity contribution is 0.0696. The van der Waals surface area contributed by atoms with Gasteiger partial charge in [0.25, 0.3) is 0 Å². The van der Waals surface area contributed by atoms with Crippen molar-refractivity contribution >= 4 is 17.4 Å². The lowest BCUT2D eigenvalue weighted by Crippen LogP contribution is -2.35. The molecule has 152 valence electrons. The Labute approximate surface area is 175 Å². The molecule has 0 saturated heterocycles. The SMILES string of the molecule is CC1(C)Cc2cc(C(=O)O)ccc2NC1c1cccc(CC(=O)c2ccccn2)c1. The second kappa shape index (κ2) is 7.75. The van der Waals surface area contributed by atoms with Crippen molar-refractivity contribution in [3.63, 3.8) is 0 Å². The third-order valence-corrected chi connectivity index (χ3v) is 5.68. The van der Waals surface area contributed by atoms with E-state index in [4.69, 9.17) is 0 Å². The van der Waals surface area contributed by atoms with Crippen LogP contribution in [0.4, 0.5) is 5.69 Å². The van der Waals surface area contributed by atoms with Gasteiger partial charge in [-0.15, -0.1) is 0 Å². The lowest BCUT2D eigenvalue weighted by Gasteiger charge is -2.41. The zero-order valence-corrected chi connectivity index (χ0v) is 17.1. The minimum Gasteiger partial charge on any atom is -0.478 e. The number of ketones is 1. The molecular weight excluding hydrogens is 376 g/mol. The van der Waals surface area contributed by atoms with Crippen LogP contribution >= 0.6 is 0 Å². The molecule has 0 bridgehead atoms. The molecule has 3 aromatic rings. The summed E-state index contributed by atoms with van der Waals surface area (Å²) >= 11 is 0. The van der Waals surface area contributed by atoms with E-state index in [0.29, 0.717) is 17.7 Å². The predicted octanol–water partition coefficient (Wildman–Crippen LogP) is 4.94. The number of benzene rings is 2. The molecular formula is C25H24N2O3. The van der Waals surface area contributed by atoms with Crippen molar-refractivity contribution < 1.29 is 14.7 Å². The van der Waals surface area contributed by atoms with Crippen LogP contribution in [0.2, 0.25) is 0 Å². The first-order valence-corrected chi connectivity index (χ1v) is 9.99. The van der Waals surface area contributed by atoms with E-state index in [9.17, 15) is 14.7 Å². The molecule has 0 spiro atoms. The fourth-order valence-corrected chi connectivity index (χ4v) is 4.18. The van der Waals surface area contributed by atoms with Gasteiger partial charge >= 0.3 is 5.97 Å². The summed E-state index contributed by atoms with van der Waals surface area (Å²) in [6.07, 6.45) is 2.69. The highest BCUT2D eigenvalue weighted by Crippen LogP contribution is 2.45. The number of aromatic carboxylic acids is 1. The molecule has 1 aromatic heterocycles. The maximum absolute atomic E-state index is 12.6. The van der Waals surface area contributed by atoms with Crippen LogP contribution in [-0.4, -0.2) is 21.8 Å². The molecule has 2 aromatic carbocycles. The maximum Gasteiger partial charge on any atom is 0.335 e. The van der Waals surface area contributed by atoms with E-state index in [1.807, 2.05) is 24.3 Å². The summed E-state index contributed by atoms with van der Waals surface area (Å²) in [5, 5.41) is 12.9. The van der Waals surface area contributed by atoms with Crippen LogP contribution in [0, 0.1) is 5.41 Å². The number of nitrogens with one attached hydrogen (secondary N) is 1. The Hall–Kier alpha value is -3.47. The molecule has 5 nitrogen and oxygen atoms in total. The number of rotatable bonds is 5. The van der Waals surface area contributed by atoms with Gasteiger partial charge in [-0.1, -0.05) is 44.2 Å². The summed E-state index contributed by atoms with van der Waals surface area (Å²) in [6, 6.07) is 18.7. The molecule has 4 rings (SSSR count). The average Bonchev–Trinajstić information content (AvgIpc) is 2.73. The standard InChI is InChI=1S/C25H24N2O3/c1-25(2)15-19-14-18(24(29)30)9-10-20(19)27-23(25)17-7-5-6-16(12-17)13-22(28)21-8-3-4-11-26-21/h3-12,14,23,27H,13,15H2,1-2H3,(H,29,30). The minimum absolute atomic E-state index is 0.00448. The molecule has 1 aliphatic rings. The Morgan fingerprint density at radius 2 is 1.93 bits per heavy atom. The van der Waals surface area contributed by atoms with Gasteiger partial charge in [-0.2, -0.15) is 0 Å². The molecule has 0 saturated carbocycles. The number of anilines is 1. The second-order valence-electron chi connectivity index (χ2n) is 8.48. The van der Waals surface area contributed by atoms with Gasteiger partial charge in [0.05, 0.1) is 11.6 Å². The van der Waals surface area contributed by atoms with E-state index in [1.54, 1.807) is 30.5 Å². The summed E-state index contributed by atoms with van der Waals surface area (Å²) in [7, 11) is 0. The summed E-state index contributed by atoms with van der Waals surface area (Å²) in [4.78, 5) is 28.0. The first-order chi connectivity index (χ1) is 14.3. The van der Waals surface area contributed by atoms with Crippen molar-refractivity contribution in [1.29, 1.82) is 0 Å². The van der Waals surface area contributed by atoms with Crippen LogP contribution in [0.3, 0.4) is 0 Å². The van der Waals surface area contributed by atoms with Crippen LogP contribution in [0.25, 0.3) is 0 Å². The molecule has 1 aliphatic heterocycles. The molecule has 0 radical (unpaired) electrons. The van der Waals surface area contributed by atoms with Gasteiger partial charge in [-0.05, 0) is 58.9 Å². The maximum atomic E-state index is 12.6. The zero-order chi connectivity index (χ0) is 21.3. The van der Waals surface area contributed by atoms with Crippen molar-refractivity contribution in [3.05, 3.63) is 94.8 Å². The van der Waals surface area contributed by atoms with E-state index in [-0.39, 0.29) is 17.2 Å². The van der Waals surface area contributed by atoms with Crippen LogP contribution in [-0.2, 0) is 12.8 Å². The third-order valence-electron chi connectivity index (χ3n) is 5.68. The third kappa shape index (κ3) is 3.96. The van der Waals surface area contributed by atoms with Crippen molar-refractivity contribution in [1.82, 2.24) is 4.98 Å². The van der Waals surface area contributed by atoms with Crippen LogP contribution < -0.4 is 5.32 Å². The van der Waals surface area contributed by atoms with Gasteiger partial charge in [0, 0.05) is 18.3 Å². The lowest BCUT2D eigenvalue weighted by atomic mass is 9.72. The summed E-state index contributed by atoms with van der Waals surface area (Å²) in [5.41, 5.74) is 4.68. The van der Waals surface area contributed by atoms with Crippen molar-refractivity contribution in [2.24, 2.45) is 5.41 Å². The number of Topliss-reactive ketones (excluding diaryl/α,β-unsaturated/α-hetero) is 1. The molecule has 1 unspecified atom stereocenters. The van der Waals surface area contributed by atoms with E-state index in [2.05, 4.69) is 36.3 Å². The molecule has 2 N–H and O–H groups in total. The van der Waals surface area contributed by atoms with Gasteiger partial charge in [-0.25, -0.2) is 4.79 Å². The second-order valence-corrected chi connectivity index (χ2v) is 8.48. The Bertz CT molecular complexity index is 1110. The number of carbonyl (C=O) groups is 2. The summed E-state index contributed by atoms with van der Waals surface area (Å²) in [6.45, 7) is 4.35. The zero-order valence-electron chi connectivity index (χ0n) is 17.1. The molecule has 0 fully saturated rings. The number of hydrogen-bond donors (Lipinski definition) is 2. The van der Waals surface area contributed by atoms with Gasteiger partial charge < -0.3 is 10.4 Å². The van der Waals surface area contributed by atoms with E-state index < -0.39 is 5.97 Å². The van der Waals surface area contributed by atoms with Gasteiger partial charge in [-0.3, -0.25) is 9.78 Å². The summed E-state index contributed by atoms with van der Waals surface area (Å²) < 4.78 is 0. The number of nitrogens with zero attached hydrogens (tertiary/aromatic N) is 1. The Kier molecular flexibility index (Phi) is 5.12. The number of carboxylic acid groups (broad SMARTS) is 1. The van der Waals surface area contributed by atoms with Crippen LogP contribution in [0.5, 0.6) is 0 Å². The fourth-order valence-electron chi connectivity index (χ4n) is 4.18. The Morgan fingerprint density at radius 3 is 2.67 bits per heavy atom. The molecule has 2 heterocycles. The van der Waals surface area contributed by atoms with Gasteiger partial charge in [0.15, 0.2) is 5.78 Å². The molecule has 0 aliphatic carbocycles. The van der Waals surface area contributed by atoms with Crippen LogP contribution in [0.1, 0.15) is 57.4 Å². The summed E-state index contributed by atoms with van der Waals surface area (Å²) in [5.74, 6) is -0.918. The predicted molar refractivity (Wildman–Crippen MR) is 116 cm³/mol. The van der Waals surface area contributed by atoms with Crippen molar-refractivity contribution in [2.45, 2.75) is 32.7 Å². The van der Waals surface area contributed by atoms with Gasteiger partial charge in [0.1, 0.15) is 5.69 Å². The number of pyridine rings is 1. The van der Waals surface area contributed by atoms with E-state index in [1.165, 1.54) is 0 Å². The quantitative estimate of drug-likeness (QED) is 0.593. The van der Waals surface area contributed by atoms with Crippen molar-refractivity contribution in [3.8, 4) is 0 Å². The van der Waals surface area contributed by atoms with E-state index >= 15 is 0 Å². The smallest absolute Gasteiger partial charge is 0.335 e. The average molecular weight is 400 g/mol. The number of carboxylic acids is 1. The van der Waals surface area contributed by atoms with Gasteiger partial charge in [0.2, 0.25) is 0 Å². The monoisotopic (exact) mass is 400 g/mol. The number of hydrogen-bond acceptors (Lipinski definition) is 4. The normalized spacial score (nSPS) is 16.9. The Balaban J connectivity index is 1.60. The van der Waals surface area contributed by atoms with Crippen molar-refractivity contribution in [2.75, 3.05) is 5.32 Å². The molecule has 30 heavy (non-hydrogen) atoms. The largest absolute Gasteiger partial charge is 0.478 e. The number of fused-ring (bicyclic) bond motifs is 1. The molecule has 1 atom stereocenters. The highest BCUT2D eigenvalue weighted by atomic mass is 16.4. The Morgan fingerprint density at radius 1 is 1.10 bits per heavy atom. The molecule has 5 heteroatoms. The topological polar surface area (TPSA) is 79.3 Å². The first kappa shape index (κ1) is 19.8. The number of aromatic nitrogens is 1. The van der Waals surface area contributed by atoms with E-state index in [0.717, 1.165) is 28.8 Å². The highest BCUT2D eigenvalue weighted by molar-refractivity contribution is 5.95. The van der Waals surface area contributed by atoms with Crippen LogP contribution in [0.15, 0.2) is 66.9 Å². The fraction of sp³-hybridized carbons (Fsp3) is 0.240. The minimum atomic E-state index is -0.914.